The van der Waals surface area contributed by atoms with E-state index in [2.05, 4.69) is 9.71 Å². The number of anilines is 1. The van der Waals surface area contributed by atoms with E-state index in [0.717, 1.165) is 5.39 Å². The molecule has 2 aromatic rings. The highest BCUT2D eigenvalue weighted by atomic mass is 32.2. The Balaban J connectivity index is 2.61. The first-order chi connectivity index (χ1) is 7.06. The van der Waals surface area contributed by atoms with Gasteiger partial charge in [-0.3, -0.25) is 9.71 Å². The number of nitrogens with one attached hydrogen (secondary N) is 1. The largest absolute Gasteiger partial charge is 0.296 e. The molecule has 1 aromatic carbocycles. The number of hydrogen-bond donors (Lipinski definition) is 2. The van der Waals surface area contributed by atoms with Crippen LogP contribution >= 0.6 is 0 Å². The van der Waals surface area contributed by atoms with Crippen LogP contribution in [0.2, 0.25) is 0 Å². The molecule has 0 amide bonds. The zero-order valence-electron chi connectivity index (χ0n) is 7.71. The maximum Gasteiger partial charge on any atom is 0.296 e. The van der Waals surface area contributed by atoms with Crippen molar-refractivity contribution in [2.45, 2.75) is 0 Å². The minimum absolute atomic E-state index is 0.433. The number of hydrogen-bond acceptors (Lipinski definition) is 3. The Labute approximate surface area is 87.1 Å². The van der Waals surface area contributed by atoms with Gasteiger partial charge in [0.2, 0.25) is 0 Å². The molecule has 1 aromatic heterocycles. The number of nitrogens with zero attached hydrogens (tertiary/aromatic N) is 1. The highest BCUT2D eigenvalue weighted by Gasteiger charge is 2.05. The molecule has 0 spiro atoms. The summed E-state index contributed by atoms with van der Waals surface area (Å²) in [5, 5.41) is 6.52. The van der Waals surface area contributed by atoms with Crippen LogP contribution in [-0.4, -0.2) is 13.4 Å². The van der Waals surface area contributed by atoms with Gasteiger partial charge in [0.05, 0.1) is 5.69 Å². The Bertz CT molecular complexity index is 590. The van der Waals surface area contributed by atoms with Crippen molar-refractivity contribution in [3.05, 3.63) is 36.7 Å². The molecule has 78 valence electrons. The van der Waals surface area contributed by atoms with E-state index in [9.17, 15) is 8.42 Å². The van der Waals surface area contributed by atoms with Crippen LogP contribution in [0.25, 0.3) is 10.8 Å². The summed E-state index contributed by atoms with van der Waals surface area (Å²) in [7, 11) is -3.75. The quantitative estimate of drug-likeness (QED) is 0.791. The Hall–Kier alpha value is -1.66. The highest BCUT2D eigenvalue weighted by molar-refractivity contribution is 7.90. The minimum Gasteiger partial charge on any atom is -0.271 e. The number of pyridine rings is 1. The Morgan fingerprint density at radius 2 is 2.07 bits per heavy atom. The van der Waals surface area contributed by atoms with Gasteiger partial charge >= 0.3 is 0 Å². The van der Waals surface area contributed by atoms with Crippen molar-refractivity contribution in [1.82, 2.24) is 4.98 Å². The lowest BCUT2D eigenvalue weighted by atomic mass is 10.1. The monoisotopic (exact) mass is 223 g/mol. The molecule has 0 aliphatic carbocycles. The van der Waals surface area contributed by atoms with E-state index < -0.39 is 10.2 Å². The van der Waals surface area contributed by atoms with E-state index in [1.165, 1.54) is 0 Å². The topological polar surface area (TPSA) is 85.1 Å². The average molecular weight is 223 g/mol. The normalized spacial score (nSPS) is 11.5. The van der Waals surface area contributed by atoms with Gasteiger partial charge in [-0.05, 0) is 17.5 Å². The summed E-state index contributed by atoms with van der Waals surface area (Å²) in [6, 6.07) is 7.04. The zero-order valence-corrected chi connectivity index (χ0v) is 8.53. The molecular weight excluding hydrogens is 214 g/mol. The molecule has 0 fully saturated rings. The predicted octanol–water partition coefficient (Wildman–Crippen LogP) is 0.850. The van der Waals surface area contributed by atoms with Crippen molar-refractivity contribution >= 4 is 26.7 Å². The zero-order chi connectivity index (χ0) is 10.9. The fourth-order valence-electron chi connectivity index (χ4n) is 1.36. The average Bonchev–Trinajstić information content (AvgIpc) is 2.16. The predicted molar refractivity (Wildman–Crippen MR) is 58.5 cm³/mol. The van der Waals surface area contributed by atoms with Gasteiger partial charge in [-0.2, -0.15) is 8.42 Å². The van der Waals surface area contributed by atoms with E-state index in [1.54, 1.807) is 30.6 Å². The first kappa shape index (κ1) is 9.88. The van der Waals surface area contributed by atoms with Crippen LogP contribution in [-0.2, 0) is 10.2 Å². The molecule has 0 atom stereocenters. The smallest absolute Gasteiger partial charge is 0.271 e. The molecule has 1 heterocycles. The van der Waals surface area contributed by atoms with Gasteiger partial charge in [0.25, 0.3) is 10.2 Å². The lowest BCUT2D eigenvalue weighted by Gasteiger charge is -2.06. The summed E-state index contributed by atoms with van der Waals surface area (Å²) in [4.78, 5) is 3.93. The molecule has 0 bridgehead atoms. The summed E-state index contributed by atoms with van der Waals surface area (Å²) in [5.74, 6) is 0. The van der Waals surface area contributed by atoms with Gasteiger partial charge in [0.15, 0.2) is 0 Å². The minimum atomic E-state index is -3.75. The third kappa shape index (κ3) is 2.23. The van der Waals surface area contributed by atoms with Crippen molar-refractivity contribution in [2.75, 3.05) is 4.72 Å². The molecule has 3 N–H and O–H groups in total. The van der Waals surface area contributed by atoms with Gasteiger partial charge in [-0.15, -0.1) is 0 Å². The molecule has 0 radical (unpaired) electrons. The maximum atomic E-state index is 10.9. The highest BCUT2D eigenvalue weighted by Crippen LogP contribution is 2.22. The molecule has 0 saturated heterocycles. The first-order valence-electron chi connectivity index (χ1n) is 4.19. The van der Waals surface area contributed by atoms with E-state index in [1.807, 2.05) is 6.07 Å². The summed E-state index contributed by atoms with van der Waals surface area (Å²) in [6.45, 7) is 0. The van der Waals surface area contributed by atoms with Crippen LogP contribution < -0.4 is 9.86 Å². The lowest BCUT2D eigenvalue weighted by molar-refractivity contribution is 0.603. The van der Waals surface area contributed by atoms with E-state index in [0.29, 0.717) is 11.1 Å². The van der Waals surface area contributed by atoms with Crippen molar-refractivity contribution in [3.63, 3.8) is 0 Å². The van der Waals surface area contributed by atoms with Gasteiger partial charge in [0, 0.05) is 17.8 Å². The van der Waals surface area contributed by atoms with E-state index in [-0.39, 0.29) is 0 Å². The molecule has 2 rings (SSSR count). The molecule has 0 aliphatic heterocycles. The van der Waals surface area contributed by atoms with E-state index >= 15 is 0 Å². The third-order valence-electron chi connectivity index (χ3n) is 1.94. The maximum absolute atomic E-state index is 10.9. The molecular formula is C9H9N3O2S. The third-order valence-corrected chi connectivity index (χ3v) is 2.44. The van der Waals surface area contributed by atoms with Crippen molar-refractivity contribution < 1.29 is 8.42 Å². The molecule has 0 saturated carbocycles. The summed E-state index contributed by atoms with van der Waals surface area (Å²) in [5.41, 5.74) is 0.433. The van der Waals surface area contributed by atoms with Gasteiger partial charge in [-0.25, -0.2) is 5.14 Å². The first-order valence-corrected chi connectivity index (χ1v) is 5.74. The molecule has 6 heteroatoms. The SMILES string of the molecule is NS(=O)(=O)Nc1cccc2ccncc12. The summed E-state index contributed by atoms with van der Waals surface area (Å²) < 4.78 is 24.0. The van der Waals surface area contributed by atoms with Crippen LogP contribution in [0.3, 0.4) is 0 Å². The molecule has 0 unspecified atom stereocenters. The summed E-state index contributed by atoms with van der Waals surface area (Å²) >= 11 is 0. The van der Waals surface area contributed by atoms with Gasteiger partial charge < -0.3 is 0 Å². The van der Waals surface area contributed by atoms with Crippen LogP contribution in [0.5, 0.6) is 0 Å². The van der Waals surface area contributed by atoms with Gasteiger partial charge in [-0.1, -0.05) is 12.1 Å². The van der Waals surface area contributed by atoms with E-state index in [4.69, 9.17) is 5.14 Å². The number of nitrogens with two attached hydrogens (primary N) is 1. The van der Waals surface area contributed by atoms with Crippen LogP contribution in [0.1, 0.15) is 0 Å². The second-order valence-corrected chi connectivity index (χ2v) is 4.34. The standard InChI is InChI=1S/C9H9N3O2S/c10-15(13,14)12-9-3-1-2-7-4-5-11-6-8(7)9/h1-6,12H,(H2,10,13,14). The van der Waals surface area contributed by atoms with Crippen molar-refractivity contribution in [1.29, 1.82) is 0 Å². The number of rotatable bonds is 2. The molecule has 0 aliphatic rings. The Kier molecular flexibility index (Phi) is 2.29. The second kappa shape index (κ2) is 3.48. The van der Waals surface area contributed by atoms with Crippen LogP contribution in [0, 0.1) is 0 Å². The fraction of sp³-hybridized carbons (Fsp3) is 0. The number of fused-ring (bicyclic) bond motifs is 1. The number of benzene rings is 1. The molecule has 15 heavy (non-hydrogen) atoms. The fourth-order valence-corrected chi connectivity index (χ4v) is 1.84. The van der Waals surface area contributed by atoms with Crippen molar-refractivity contribution in [3.8, 4) is 0 Å². The Morgan fingerprint density at radius 3 is 2.80 bits per heavy atom. The second-order valence-electron chi connectivity index (χ2n) is 3.05. The molecule has 5 nitrogen and oxygen atoms in total. The van der Waals surface area contributed by atoms with Crippen LogP contribution in [0.4, 0.5) is 5.69 Å². The lowest BCUT2D eigenvalue weighted by Crippen LogP contribution is -2.21. The number of aromatic nitrogens is 1. The summed E-state index contributed by atoms with van der Waals surface area (Å²) in [6.07, 6.45) is 3.23. The van der Waals surface area contributed by atoms with Crippen molar-refractivity contribution in [2.24, 2.45) is 5.14 Å². The van der Waals surface area contributed by atoms with Crippen LogP contribution in [0.15, 0.2) is 36.7 Å². The van der Waals surface area contributed by atoms with Gasteiger partial charge in [0.1, 0.15) is 0 Å². The Morgan fingerprint density at radius 1 is 1.27 bits per heavy atom.